The van der Waals surface area contributed by atoms with Crippen LogP contribution in [0, 0.1) is 0 Å². The van der Waals surface area contributed by atoms with E-state index in [9.17, 15) is 0 Å². The van der Waals surface area contributed by atoms with Gasteiger partial charge in [0, 0.05) is 12.6 Å². The minimum Gasteiger partial charge on any atom is -0.368 e. The molecular weight excluding hydrogens is 354 g/mol. The van der Waals surface area contributed by atoms with Crippen LogP contribution in [0.5, 0.6) is 0 Å². The maximum absolute atomic E-state index is 6.10. The van der Waals surface area contributed by atoms with Crippen LogP contribution in [0.4, 0.5) is 5.95 Å². The summed E-state index contributed by atoms with van der Waals surface area (Å²) >= 11 is 6.10. The van der Waals surface area contributed by atoms with Crippen molar-refractivity contribution in [2.75, 3.05) is 5.73 Å². The smallest absolute Gasteiger partial charge is 0.278 e. The molecule has 0 aliphatic carbocycles. The molecule has 128 valence electrons. The minimum absolute atomic E-state index is 0.0862. The zero-order valence-electron chi connectivity index (χ0n) is 13.4. The first kappa shape index (κ1) is 16.1. The molecule has 3 heterocycles. The number of rotatable bonds is 4. The summed E-state index contributed by atoms with van der Waals surface area (Å²) in [6.07, 6.45) is 2.10. The maximum atomic E-state index is 6.10. The van der Waals surface area contributed by atoms with E-state index >= 15 is 0 Å². The SMILES string of the molecule is Nc1nc(Cc2ccccc2)nc(-c2noc(-c3ncccc3Cl)n2)n1. The van der Waals surface area contributed by atoms with Crippen molar-refractivity contribution in [1.29, 1.82) is 0 Å². The molecule has 26 heavy (non-hydrogen) atoms. The zero-order chi connectivity index (χ0) is 17.9. The summed E-state index contributed by atoms with van der Waals surface area (Å²) in [4.78, 5) is 21.1. The number of nitrogens with zero attached hydrogens (tertiary/aromatic N) is 6. The molecule has 0 fully saturated rings. The number of aromatic nitrogens is 6. The van der Waals surface area contributed by atoms with Crippen molar-refractivity contribution in [1.82, 2.24) is 30.1 Å². The van der Waals surface area contributed by atoms with E-state index in [2.05, 4.69) is 30.1 Å². The largest absolute Gasteiger partial charge is 0.368 e. The van der Waals surface area contributed by atoms with Crippen LogP contribution in [0.25, 0.3) is 23.2 Å². The molecule has 0 amide bonds. The van der Waals surface area contributed by atoms with Crippen LogP contribution < -0.4 is 5.73 Å². The average molecular weight is 366 g/mol. The van der Waals surface area contributed by atoms with Crippen molar-refractivity contribution < 1.29 is 4.52 Å². The van der Waals surface area contributed by atoms with Gasteiger partial charge in [0.1, 0.15) is 11.5 Å². The second kappa shape index (κ2) is 6.85. The molecule has 3 aromatic heterocycles. The van der Waals surface area contributed by atoms with Gasteiger partial charge in [0.05, 0.1) is 5.02 Å². The van der Waals surface area contributed by atoms with Crippen molar-refractivity contribution >= 4 is 17.5 Å². The van der Waals surface area contributed by atoms with Gasteiger partial charge in [-0.2, -0.15) is 15.0 Å². The number of nitrogens with two attached hydrogens (primary N) is 1. The van der Waals surface area contributed by atoms with E-state index in [4.69, 9.17) is 21.9 Å². The molecule has 0 aliphatic rings. The molecule has 0 unspecified atom stereocenters. The van der Waals surface area contributed by atoms with E-state index in [0.29, 0.717) is 23.0 Å². The highest BCUT2D eigenvalue weighted by atomic mass is 35.5. The lowest BCUT2D eigenvalue weighted by molar-refractivity contribution is 0.430. The van der Waals surface area contributed by atoms with Crippen LogP contribution in [0.1, 0.15) is 11.4 Å². The Labute approximate surface area is 153 Å². The molecule has 4 rings (SSSR count). The number of benzene rings is 1. The molecule has 0 aliphatic heterocycles. The van der Waals surface area contributed by atoms with Gasteiger partial charge in [0.25, 0.3) is 5.89 Å². The number of pyridine rings is 1. The molecule has 4 aromatic rings. The first-order valence-corrected chi connectivity index (χ1v) is 8.06. The highest BCUT2D eigenvalue weighted by molar-refractivity contribution is 6.32. The van der Waals surface area contributed by atoms with E-state index in [0.717, 1.165) is 5.56 Å². The van der Waals surface area contributed by atoms with Gasteiger partial charge in [0.2, 0.25) is 17.6 Å². The topological polar surface area (TPSA) is 116 Å². The highest BCUT2D eigenvalue weighted by Gasteiger charge is 2.17. The lowest BCUT2D eigenvalue weighted by Gasteiger charge is -2.02. The van der Waals surface area contributed by atoms with Crippen molar-refractivity contribution in [3.05, 3.63) is 65.1 Å². The van der Waals surface area contributed by atoms with Crippen LogP contribution in [0.3, 0.4) is 0 Å². The number of hydrogen-bond donors (Lipinski definition) is 1. The van der Waals surface area contributed by atoms with Crippen LogP contribution in [0.15, 0.2) is 53.2 Å². The zero-order valence-corrected chi connectivity index (χ0v) is 14.1. The Balaban J connectivity index is 1.67. The Kier molecular flexibility index (Phi) is 4.24. The molecule has 0 saturated heterocycles. The van der Waals surface area contributed by atoms with Crippen LogP contribution in [-0.4, -0.2) is 30.1 Å². The molecule has 2 N–H and O–H groups in total. The lowest BCUT2D eigenvalue weighted by Crippen LogP contribution is -2.06. The van der Waals surface area contributed by atoms with Crippen molar-refractivity contribution in [2.45, 2.75) is 6.42 Å². The van der Waals surface area contributed by atoms with E-state index < -0.39 is 0 Å². The molecule has 0 radical (unpaired) electrons. The fraction of sp³-hybridized carbons (Fsp3) is 0.0588. The number of anilines is 1. The third-order valence-corrected chi connectivity index (χ3v) is 3.80. The molecule has 0 bridgehead atoms. The fourth-order valence-corrected chi connectivity index (χ4v) is 2.55. The summed E-state index contributed by atoms with van der Waals surface area (Å²) in [5.74, 6) is 1.19. The third-order valence-electron chi connectivity index (χ3n) is 3.49. The van der Waals surface area contributed by atoms with Gasteiger partial charge in [-0.05, 0) is 17.7 Å². The van der Waals surface area contributed by atoms with Crippen LogP contribution in [0.2, 0.25) is 5.02 Å². The van der Waals surface area contributed by atoms with Gasteiger partial charge in [-0.15, -0.1) is 0 Å². The van der Waals surface area contributed by atoms with E-state index in [1.807, 2.05) is 30.3 Å². The van der Waals surface area contributed by atoms with Gasteiger partial charge in [-0.3, -0.25) is 0 Å². The summed E-state index contributed by atoms with van der Waals surface area (Å²) in [7, 11) is 0. The molecule has 9 heteroatoms. The van der Waals surface area contributed by atoms with Gasteiger partial charge in [-0.1, -0.05) is 47.1 Å². The highest BCUT2D eigenvalue weighted by Crippen LogP contribution is 2.25. The Morgan fingerprint density at radius 3 is 2.58 bits per heavy atom. The van der Waals surface area contributed by atoms with E-state index in [1.165, 1.54) is 0 Å². The number of halogens is 1. The predicted molar refractivity (Wildman–Crippen MR) is 95.0 cm³/mol. The van der Waals surface area contributed by atoms with Crippen molar-refractivity contribution in [2.24, 2.45) is 0 Å². The molecule has 0 atom stereocenters. The molecule has 1 aromatic carbocycles. The summed E-state index contributed by atoms with van der Waals surface area (Å²) < 4.78 is 5.23. The molecule has 8 nitrogen and oxygen atoms in total. The Morgan fingerprint density at radius 2 is 1.77 bits per heavy atom. The van der Waals surface area contributed by atoms with Crippen molar-refractivity contribution in [3.63, 3.8) is 0 Å². The van der Waals surface area contributed by atoms with Crippen LogP contribution in [-0.2, 0) is 6.42 Å². The summed E-state index contributed by atoms with van der Waals surface area (Å²) in [6, 6.07) is 13.2. The standard InChI is InChI=1S/C17H12ClN7O/c18-11-7-4-8-20-13(11)16-23-15(25-26-16)14-21-12(22-17(19)24-14)9-10-5-2-1-3-6-10/h1-8H,9H2,(H2,19,21,22,24). The minimum atomic E-state index is 0.0862. The second-order valence-electron chi connectivity index (χ2n) is 5.35. The summed E-state index contributed by atoms with van der Waals surface area (Å²) in [5.41, 5.74) is 7.25. The number of hydrogen-bond acceptors (Lipinski definition) is 8. The monoisotopic (exact) mass is 365 g/mol. The van der Waals surface area contributed by atoms with Crippen molar-refractivity contribution in [3.8, 4) is 23.2 Å². The summed E-state index contributed by atoms with van der Waals surface area (Å²) in [6.45, 7) is 0. The Hall–Kier alpha value is -3.39. The van der Waals surface area contributed by atoms with E-state index in [1.54, 1.807) is 18.3 Å². The van der Waals surface area contributed by atoms with Gasteiger partial charge < -0.3 is 10.3 Å². The Morgan fingerprint density at radius 1 is 0.923 bits per heavy atom. The molecule has 0 spiro atoms. The van der Waals surface area contributed by atoms with Gasteiger partial charge in [-0.25, -0.2) is 9.97 Å². The third kappa shape index (κ3) is 3.35. The second-order valence-corrected chi connectivity index (χ2v) is 5.76. The normalized spacial score (nSPS) is 10.8. The molecular formula is C17H12ClN7O. The Bertz CT molecular complexity index is 1050. The fourth-order valence-electron chi connectivity index (χ4n) is 2.35. The average Bonchev–Trinajstić information content (AvgIpc) is 3.12. The van der Waals surface area contributed by atoms with Crippen LogP contribution >= 0.6 is 11.6 Å². The molecule has 0 saturated carbocycles. The number of nitrogen functional groups attached to an aromatic ring is 1. The lowest BCUT2D eigenvalue weighted by atomic mass is 10.1. The quantitative estimate of drug-likeness (QED) is 0.586. The maximum Gasteiger partial charge on any atom is 0.278 e. The van der Waals surface area contributed by atoms with E-state index in [-0.39, 0.29) is 23.5 Å². The first-order valence-electron chi connectivity index (χ1n) is 7.68. The van der Waals surface area contributed by atoms with Gasteiger partial charge in [0.15, 0.2) is 0 Å². The first-order chi connectivity index (χ1) is 12.7. The summed E-state index contributed by atoms with van der Waals surface area (Å²) in [5, 5.41) is 4.31. The van der Waals surface area contributed by atoms with Gasteiger partial charge >= 0.3 is 0 Å². The predicted octanol–water partition coefficient (Wildman–Crippen LogP) is 2.81.